The number of nitrogens with two attached hydrogens (primary N) is 1. The van der Waals surface area contributed by atoms with Crippen LogP contribution in [0.3, 0.4) is 0 Å². The van der Waals surface area contributed by atoms with Gasteiger partial charge in [0, 0.05) is 17.2 Å². The summed E-state index contributed by atoms with van der Waals surface area (Å²) in [7, 11) is 0. The number of thioether (sulfide) groups is 1. The Morgan fingerprint density at radius 3 is 2.67 bits per heavy atom. The molecule has 0 aromatic heterocycles. The van der Waals surface area contributed by atoms with Gasteiger partial charge in [-0.3, -0.25) is 0 Å². The van der Waals surface area contributed by atoms with Crippen molar-refractivity contribution in [3.63, 3.8) is 0 Å². The molecule has 0 radical (unpaired) electrons. The van der Waals surface area contributed by atoms with Crippen LogP contribution in [-0.2, 0) is 0 Å². The van der Waals surface area contributed by atoms with Crippen LogP contribution < -0.4 is 5.73 Å². The first-order chi connectivity index (χ1) is 7.13. The highest BCUT2D eigenvalue weighted by molar-refractivity contribution is 7.99. The molecule has 0 aliphatic carbocycles. The van der Waals surface area contributed by atoms with Gasteiger partial charge in [-0.1, -0.05) is 6.07 Å². The van der Waals surface area contributed by atoms with Crippen molar-refractivity contribution in [2.24, 2.45) is 5.73 Å². The average molecular weight is 225 g/mol. The predicted octanol–water partition coefficient (Wildman–Crippen LogP) is 2.11. The first kappa shape index (κ1) is 12.6. The predicted molar refractivity (Wildman–Crippen MR) is 66.3 cm³/mol. The first-order valence-corrected chi connectivity index (χ1v) is 6.20. The second-order valence-electron chi connectivity index (χ2n) is 3.77. The lowest BCUT2D eigenvalue weighted by molar-refractivity contribution is 0.180. The van der Waals surface area contributed by atoms with E-state index < -0.39 is 0 Å². The molecular formula is C12H19NOS. The van der Waals surface area contributed by atoms with Crippen LogP contribution in [0.25, 0.3) is 0 Å². The van der Waals surface area contributed by atoms with Crippen molar-refractivity contribution >= 4 is 11.8 Å². The van der Waals surface area contributed by atoms with Crippen molar-refractivity contribution in [2.45, 2.75) is 31.3 Å². The molecule has 3 N–H and O–H groups in total. The zero-order valence-corrected chi connectivity index (χ0v) is 10.2. The molecule has 0 aliphatic rings. The zero-order valence-electron chi connectivity index (χ0n) is 9.36. The minimum absolute atomic E-state index is 0.355. The van der Waals surface area contributed by atoms with Gasteiger partial charge in [-0.25, -0.2) is 0 Å². The molecule has 0 aliphatic heterocycles. The van der Waals surface area contributed by atoms with E-state index in [0.717, 1.165) is 12.2 Å². The minimum Gasteiger partial charge on any atom is -0.392 e. The number of rotatable bonds is 5. The van der Waals surface area contributed by atoms with E-state index in [1.165, 1.54) is 16.0 Å². The standard InChI is InChI=1S/C12H19NOS/c1-9-3-4-12(7-10(9)2)15-6-5-11(14)8-13/h3-4,7,11,14H,5-6,8,13H2,1-2H3. The van der Waals surface area contributed by atoms with Crippen molar-refractivity contribution in [3.8, 4) is 0 Å². The molecule has 2 nitrogen and oxygen atoms in total. The van der Waals surface area contributed by atoms with Crippen LogP contribution in [0.2, 0.25) is 0 Å². The van der Waals surface area contributed by atoms with E-state index in [9.17, 15) is 5.11 Å². The number of hydrogen-bond donors (Lipinski definition) is 2. The summed E-state index contributed by atoms with van der Waals surface area (Å²) in [4.78, 5) is 1.27. The fourth-order valence-corrected chi connectivity index (χ4v) is 2.28. The molecule has 0 saturated heterocycles. The molecule has 15 heavy (non-hydrogen) atoms. The fourth-order valence-electron chi connectivity index (χ4n) is 1.23. The molecule has 3 heteroatoms. The maximum atomic E-state index is 9.30. The summed E-state index contributed by atoms with van der Waals surface area (Å²) in [6, 6.07) is 6.45. The van der Waals surface area contributed by atoms with Crippen LogP contribution in [0.1, 0.15) is 17.5 Å². The Labute approximate surface area is 95.9 Å². The van der Waals surface area contributed by atoms with Crippen molar-refractivity contribution in [1.82, 2.24) is 0 Å². The van der Waals surface area contributed by atoms with Gasteiger partial charge in [0.15, 0.2) is 0 Å². The van der Waals surface area contributed by atoms with Crippen molar-refractivity contribution < 1.29 is 5.11 Å². The average Bonchev–Trinajstić information content (AvgIpc) is 2.23. The molecule has 1 atom stereocenters. The van der Waals surface area contributed by atoms with Gasteiger partial charge in [0.1, 0.15) is 0 Å². The Balaban J connectivity index is 2.41. The van der Waals surface area contributed by atoms with E-state index in [1.807, 2.05) is 0 Å². The minimum atomic E-state index is -0.357. The number of aryl methyl sites for hydroxylation is 2. The molecule has 0 saturated carbocycles. The molecule has 0 amide bonds. The number of benzene rings is 1. The third-order valence-corrected chi connectivity index (χ3v) is 3.50. The summed E-state index contributed by atoms with van der Waals surface area (Å²) in [5, 5.41) is 9.30. The van der Waals surface area contributed by atoms with Gasteiger partial charge in [-0.05, 0) is 43.5 Å². The van der Waals surface area contributed by atoms with Crippen LogP contribution in [0.5, 0.6) is 0 Å². The van der Waals surface area contributed by atoms with E-state index >= 15 is 0 Å². The summed E-state index contributed by atoms with van der Waals surface area (Å²) < 4.78 is 0. The SMILES string of the molecule is Cc1ccc(SCCC(O)CN)cc1C. The molecule has 0 heterocycles. The van der Waals surface area contributed by atoms with Crippen LogP contribution in [0, 0.1) is 13.8 Å². The maximum Gasteiger partial charge on any atom is 0.0670 e. The summed E-state index contributed by atoms with van der Waals surface area (Å²) in [5.41, 5.74) is 7.98. The van der Waals surface area contributed by atoms with E-state index in [-0.39, 0.29) is 6.10 Å². The third-order valence-electron chi connectivity index (χ3n) is 2.47. The summed E-state index contributed by atoms with van der Waals surface area (Å²) in [5.74, 6) is 0.918. The Hall–Kier alpha value is -0.510. The van der Waals surface area contributed by atoms with Gasteiger partial charge < -0.3 is 10.8 Å². The van der Waals surface area contributed by atoms with Gasteiger partial charge in [0.2, 0.25) is 0 Å². The molecule has 0 fully saturated rings. The molecule has 0 spiro atoms. The highest BCUT2D eigenvalue weighted by Crippen LogP contribution is 2.21. The lowest BCUT2D eigenvalue weighted by Crippen LogP contribution is -2.19. The zero-order chi connectivity index (χ0) is 11.3. The third kappa shape index (κ3) is 4.24. The highest BCUT2D eigenvalue weighted by atomic mass is 32.2. The smallest absolute Gasteiger partial charge is 0.0670 e. The fraction of sp³-hybridized carbons (Fsp3) is 0.500. The summed E-state index contributed by atoms with van der Waals surface area (Å²) >= 11 is 1.77. The number of aliphatic hydroxyl groups excluding tert-OH is 1. The Kier molecular flexibility index (Phi) is 5.15. The number of aliphatic hydroxyl groups is 1. The van der Waals surface area contributed by atoms with E-state index in [0.29, 0.717) is 6.54 Å². The van der Waals surface area contributed by atoms with Crippen molar-refractivity contribution in [2.75, 3.05) is 12.3 Å². The van der Waals surface area contributed by atoms with E-state index in [2.05, 4.69) is 32.0 Å². The molecule has 1 aromatic carbocycles. The highest BCUT2D eigenvalue weighted by Gasteiger charge is 2.02. The van der Waals surface area contributed by atoms with E-state index in [1.54, 1.807) is 11.8 Å². The molecule has 0 bridgehead atoms. The van der Waals surface area contributed by atoms with Crippen LogP contribution in [-0.4, -0.2) is 23.5 Å². The Morgan fingerprint density at radius 2 is 2.07 bits per heavy atom. The van der Waals surface area contributed by atoms with Gasteiger partial charge >= 0.3 is 0 Å². The van der Waals surface area contributed by atoms with Crippen LogP contribution in [0.15, 0.2) is 23.1 Å². The second kappa shape index (κ2) is 6.16. The lowest BCUT2D eigenvalue weighted by atomic mass is 10.1. The monoisotopic (exact) mass is 225 g/mol. The largest absolute Gasteiger partial charge is 0.392 e. The van der Waals surface area contributed by atoms with E-state index in [4.69, 9.17) is 5.73 Å². The topological polar surface area (TPSA) is 46.2 Å². The molecule has 84 valence electrons. The molecular weight excluding hydrogens is 206 g/mol. The normalized spacial score (nSPS) is 12.8. The quantitative estimate of drug-likeness (QED) is 0.754. The van der Waals surface area contributed by atoms with Gasteiger partial charge in [-0.2, -0.15) is 0 Å². The second-order valence-corrected chi connectivity index (χ2v) is 4.94. The van der Waals surface area contributed by atoms with Crippen LogP contribution >= 0.6 is 11.8 Å². The van der Waals surface area contributed by atoms with Gasteiger partial charge in [0.05, 0.1) is 6.10 Å². The van der Waals surface area contributed by atoms with Crippen LogP contribution in [0.4, 0.5) is 0 Å². The van der Waals surface area contributed by atoms with Crippen molar-refractivity contribution in [1.29, 1.82) is 0 Å². The molecule has 1 aromatic rings. The summed E-state index contributed by atoms with van der Waals surface area (Å²) in [6.45, 7) is 4.59. The Morgan fingerprint density at radius 1 is 1.33 bits per heavy atom. The van der Waals surface area contributed by atoms with Crippen molar-refractivity contribution in [3.05, 3.63) is 29.3 Å². The number of hydrogen-bond acceptors (Lipinski definition) is 3. The first-order valence-electron chi connectivity index (χ1n) is 5.21. The maximum absolute atomic E-state index is 9.30. The Bertz CT molecular complexity index is 314. The van der Waals surface area contributed by atoms with Gasteiger partial charge in [0.25, 0.3) is 0 Å². The van der Waals surface area contributed by atoms with Gasteiger partial charge in [-0.15, -0.1) is 11.8 Å². The molecule has 1 rings (SSSR count). The summed E-state index contributed by atoms with van der Waals surface area (Å²) in [6.07, 6.45) is 0.401. The lowest BCUT2D eigenvalue weighted by Gasteiger charge is -2.08. The molecule has 1 unspecified atom stereocenters.